The van der Waals surface area contributed by atoms with Crippen LogP contribution in [0.5, 0.6) is 0 Å². The lowest BCUT2D eigenvalue weighted by atomic mass is 10.2. The van der Waals surface area contributed by atoms with Crippen LogP contribution in [-0.4, -0.2) is 67.4 Å². The molecule has 0 bridgehead atoms. The molecule has 0 saturated carbocycles. The highest BCUT2D eigenvalue weighted by molar-refractivity contribution is 5.94. The third kappa shape index (κ3) is 8.52. The Hall–Kier alpha value is -2.70. The average Bonchev–Trinajstić information content (AvgIpc) is 2.81. The highest BCUT2D eigenvalue weighted by Gasteiger charge is 2.16. The van der Waals surface area contributed by atoms with Crippen LogP contribution >= 0.6 is 0 Å². The second-order valence-electron chi connectivity index (χ2n) is 8.03. The van der Waals surface area contributed by atoms with Crippen molar-refractivity contribution in [1.82, 2.24) is 20.4 Å². The van der Waals surface area contributed by atoms with Crippen molar-refractivity contribution < 1.29 is 9.59 Å². The van der Waals surface area contributed by atoms with Crippen LogP contribution in [0.1, 0.15) is 35.2 Å². The van der Waals surface area contributed by atoms with Gasteiger partial charge >= 0.3 is 0 Å². The molecule has 0 aliphatic carbocycles. The minimum atomic E-state index is -0.141. The summed E-state index contributed by atoms with van der Waals surface area (Å²) in [6, 6.07) is 19.7. The van der Waals surface area contributed by atoms with Gasteiger partial charge in [-0.2, -0.15) is 0 Å². The van der Waals surface area contributed by atoms with Gasteiger partial charge in [0.15, 0.2) is 0 Å². The number of benzene rings is 2. The Morgan fingerprint density at radius 1 is 0.742 bits per heavy atom. The van der Waals surface area contributed by atoms with Crippen LogP contribution < -0.4 is 10.6 Å². The second-order valence-corrected chi connectivity index (χ2v) is 8.03. The molecule has 2 N–H and O–H groups in total. The van der Waals surface area contributed by atoms with E-state index in [1.807, 2.05) is 18.2 Å². The molecule has 31 heavy (non-hydrogen) atoms. The maximum absolute atomic E-state index is 11.9. The van der Waals surface area contributed by atoms with Gasteiger partial charge in [0, 0.05) is 57.8 Å². The van der Waals surface area contributed by atoms with Crippen molar-refractivity contribution in [3.63, 3.8) is 0 Å². The summed E-state index contributed by atoms with van der Waals surface area (Å²) in [4.78, 5) is 28.9. The lowest BCUT2D eigenvalue weighted by Crippen LogP contribution is -2.46. The van der Waals surface area contributed by atoms with Gasteiger partial charge in [0.1, 0.15) is 0 Å². The minimum Gasteiger partial charge on any atom is -0.356 e. The molecule has 6 heteroatoms. The Kier molecular flexibility index (Phi) is 9.54. The summed E-state index contributed by atoms with van der Waals surface area (Å²) in [6.45, 7) is 7.61. The summed E-state index contributed by atoms with van der Waals surface area (Å²) >= 11 is 0. The second kappa shape index (κ2) is 12.9. The molecule has 6 nitrogen and oxygen atoms in total. The number of nitrogens with one attached hydrogen (secondary N) is 2. The molecule has 1 saturated heterocycles. The van der Waals surface area contributed by atoms with Crippen molar-refractivity contribution in [2.24, 2.45) is 0 Å². The van der Waals surface area contributed by atoms with Gasteiger partial charge in [-0.3, -0.25) is 14.5 Å². The Morgan fingerprint density at radius 3 is 2.10 bits per heavy atom. The first-order valence-corrected chi connectivity index (χ1v) is 11.3. The standard InChI is InChI=1S/C25H34N4O2/c30-24(13-15-27-25(31)23-11-5-2-6-12-23)26-14-7-8-16-28-17-19-29(20-18-28)21-22-9-3-1-4-10-22/h1-6,9-12H,7-8,13-21H2,(H,26,30)(H,27,31). The molecule has 2 aromatic carbocycles. The molecule has 1 aliphatic rings. The van der Waals surface area contributed by atoms with Crippen LogP contribution in [0.3, 0.4) is 0 Å². The van der Waals surface area contributed by atoms with Crippen molar-refractivity contribution in [3.05, 3.63) is 71.8 Å². The quantitative estimate of drug-likeness (QED) is 0.546. The van der Waals surface area contributed by atoms with E-state index in [1.165, 1.54) is 5.56 Å². The van der Waals surface area contributed by atoms with Crippen molar-refractivity contribution in [1.29, 1.82) is 0 Å². The summed E-state index contributed by atoms with van der Waals surface area (Å²) in [5, 5.41) is 5.73. The molecule has 1 fully saturated rings. The van der Waals surface area contributed by atoms with Crippen LogP contribution in [0.15, 0.2) is 60.7 Å². The molecular weight excluding hydrogens is 388 g/mol. The van der Waals surface area contributed by atoms with Gasteiger partial charge < -0.3 is 15.5 Å². The lowest BCUT2D eigenvalue weighted by molar-refractivity contribution is -0.120. The van der Waals surface area contributed by atoms with E-state index >= 15 is 0 Å². The molecule has 2 amide bonds. The fraction of sp³-hybridized carbons (Fsp3) is 0.440. The number of rotatable bonds is 11. The predicted octanol–water partition coefficient (Wildman–Crippen LogP) is 2.52. The highest BCUT2D eigenvalue weighted by Crippen LogP contribution is 2.09. The van der Waals surface area contributed by atoms with Crippen molar-refractivity contribution >= 4 is 11.8 Å². The first kappa shape index (κ1) is 23.0. The number of amides is 2. The van der Waals surface area contributed by atoms with Crippen LogP contribution in [0, 0.1) is 0 Å². The van der Waals surface area contributed by atoms with E-state index in [-0.39, 0.29) is 11.8 Å². The Bertz CT molecular complexity index is 790. The molecule has 0 atom stereocenters. The third-order valence-corrected chi connectivity index (χ3v) is 5.61. The van der Waals surface area contributed by atoms with Crippen molar-refractivity contribution in [2.45, 2.75) is 25.8 Å². The van der Waals surface area contributed by atoms with E-state index < -0.39 is 0 Å². The number of piperazine rings is 1. The maximum Gasteiger partial charge on any atom is 0.251 e. The molecule has 0 aromatic heterocycles. The van der Waals surface area contributed by atoms with Crippen LogP contribution in [-0.2, 0) is 11.3 Å². The smallest absolute Gasteiger partial charge is 0.251 e. The molecule has 166 valence electrons. The van der Waals surface area contributed by atoms with Gasteiger partial charge in [-0.05, 0) is 37.1 Å². The fourth-order valence-corrected chi connectivity index (χ4v) is 3.77. The Balaban J connectivity index is 1.18. The third-order valence-electron chi connectivity index (χ3n) is 5.61. The van der Waals surface area contributed by atoms with Crippen LogP contribution in [0.4, 0.5) is 0 Å². The minimum absolute atomic E-state index is 0.0112. The number of carbonyl (C=O) groups excluding carboxylic acids is 2. The molecule has 0 spiro atoms. The summed E-state index contributed by atoms with van der Waals surface area (Å²) in [5.41, 5.74) is 2.00. The monoisotopic (exact) mass is 422 g/mol. The topological polar surface area (TPSA) is 64.7 Å². The molecule has 0 radical (unpaired) electrons. The number of hydrogen-bond acceptors (Lipinski definition) is 4. The average molecular weight is 423 g/mol. The van der Waals surface area contributed by atoms with Crippen LogP contribution in [0.2, 0.25) is 0 Å². The Morgan fingerprint density at radius 2 is 1.39 bits per heavy atom. The van der Waals surface area contributed by atoms with Crippen molar-refractivity contribution in [3.8, 4) is 0 Å². The summed E-state index contributed by atoms with van der Waals surface area (Å²) in [6.07, 6.45) is 2.37. The van der Waals surface area contributed by atoms with E-state index in [2.05, 4.69) is 50.8 Å². The first-order valence-electron chi connectivity index (χ1n) is 11.3. The molecule has 0 unspecified atom stereocenters. The highest BCUT2D eigenvalue weighted by atomic mass is 16.2. The molecule has 2 aromatic rings. The zero-order valence-corrected chi connectivity index (χ0v) is 18.3. The molecule has 1 aliphatic heterocycles. The molecular formula is C25H34N4O2. The Labute approximate surface area is 185 Å². The molecule has 1 heterocycles. The van der Waals surface area contributed by atoms with E-state index in [4.69, 9.17) is 0 Å². The van der Waals surface area contributed by atoms with E-state index in [9.17, 15) is 9.59 Å². The van der Waals surface area contributed by atoms with Gasteiger partial charge in [-0.15, -0.1) is 0 Å². The maximum atomic E-state index is 11.9. The summed E-state index contributed by atoms with van der Waals surface area (Å²) in [7, 11) is 0. The van der Waals surface area contributed by atoms with Gasteiger partial charge in [0.05, 0.1) is 0 Å². The summed E-state index contributed by atoms with van der Waals surface area (Å²) < 4.78 is 0. The van der Waals surface area contributed by atoms with E-state index in [1.54, 1.807) is 12.1 Å². The predicted molar refractivity (Wildman–Crippen MR) is 124 cm³/mol. The van der Waals surface area contributed by atoms with Gasteiger partial charge in [-0.25, -0.2) is 0 Å². The van der Waals surface area contributed by atoms with Crippen LogP contribution in [0.25, 0.3) is 0 Å². The van der Waals surface area contributed by atoms with Gasteiger partial charge in [0.2, 0.25) is 5.91 Å². The van der Waals surface area contributed by atoms with Gasteiger partial charge in [-0.1, -0.05) is 48.5 Å². The van der Waals surface area contributed by atoms with E-state index in [0.29, 0.717) is 25.1 Å². The largest absolute Gasteiger partial charge is 0.356 e. The first-order chi connectivity index (χ1) is 15.2. The zero-order chi connectivity index (χ0) is 21.7. The SMILES string of the molecule is O=C(CCNC(=O)c1ccccc1)NCCCCN1CCN(Cc2ccccc2)CC1. The van der Waals surface area contributed by atoms with Gasteiger partial charge in [0.25, 0.3) is 5.91 Å². The summed E-state index contributed by atoms with van der Waals surface area (Å²) in [5.74, 6) is -0.153. The fourth-order valence-electron chi connectivity index (χ4n) is 3.77. The number of nitrogens with zero attached hydrogens (tertiary/aromatic N) is 2. The lowest BCUT2D eigenvalue weighted by Gasteiger charge is -2.34. The molecule has 3 rings (SSSR count). The number of unbranched alkanes of at least 4 members (excludes halogenated alkanes) is 1. The number of hydrogen-bond donors (Lipinski definition) is 2. The van der Waals surface area contributed by atoms with Crippen molar-refractivity contribution in [2.75, 3.05) is 45.8 Å². The normalized spacial score (nSPS) is 14.8. The number of carbonyl (C=O) groups is 2. The zero-order valence-electron chi connectivity index (χ0n) is 18.3. The van der Waals surface area contributed by atoms with E-state index in [0.717, 1.165) is 52.1 Å².